The predicted octanol–water partition coefficient (Wildman–Crippen LogP) is 5.66. The first-order valence-electron chi connectivity index (χ1n) is 9.65. The van der Waals surface area contributed by atoms with Crippen molar-refractivity contribution in [3.63, 3.8) is 0 Å². The molecule has 0 spiro atoms. The highest BCUT2D eigenvalue weighted by Gasteiger charge is 2.40. The summed E-state index contributed by atoms with van der Waals surface area (Å²) in [5.74, 6) is -0.741. The Hall–Kier alpha value is -3.37. The van der Waals surface area contributed by atoms with Crippen LogP contribution in [-0.2, 0) is 9.59 Å². The maximum absolute atomic E-state index is 13.5. The molecule has 0 unspecified atom stereocenters. The maximum Gasteiger partial charge on any atom is 0.282 e. The lowest BCUT2D eigenvalue weighted by atomic mass is 10.0. The number of halogens is 1. The summed E-state index contributed by atoms with van der Waals surface area (Å²) >= 11 is 6.08. The molecule has 3 aromatic carbocycles. The normalized spacial score (nSPS) is 13.9. The van der Waals surface area contributed by atoms with Crippen LogP contribution in [0.4, 0.5) is 11.4 Å². The molecule has 2 amide bonds. The Bertz CT molecular complexity index is 1200. The standard InChI is InChI=1S/C25H21ClN2O2/c1-15-9-10-16(2)20(13-15)27-23-22(18-7-5-4-6-8-18)24(29)28(25(23)30)21-12-11-19(26)14-17(21)3/h4-14,27H,1-3H3. The number of carbonyl (C=O) groups is 2. The molecule has 30 heavy (non-hydrogen) atoms. The van der Waals surface area contributed by atoms with Gasteiger partial charge in [-0.15, -0.1) is 0 Å². The Morgan fingerprint density at radius 3 is 2.23 bits per heavy atom. The minimum Gasteiger partial charge on any atom is -0.350 e. The van der Waals surface area contributed by atoms with Gasteiger partial charge in [-0.25, -0.2) is 4.90 Å². The molecule has 150 valence electrons. The molecule has 0 aromatic heterocycles. The fraction of sp³-hybridized carbons (Fsp3) is 0.120. The number of hydrogen-bond donors (Lipinski definition) is 1. The number of aryl methyl sites for hydroxylation is 3. The van der Waals surface area contributed by atoms with Crippen molar-refractivity contribution in [1.29, 1.82) is 0 Å². The third kappa shape index (κ3) is 3.51. The lowest BCUT2D eigenvalue weighted by Gasteiger charge is -2.18. The molecular weight excluding hydrogens is 396 g/mol. The zero-order valence-corrected chi connectivity index (χ0v) is 17.7. The summed E-state index contributed by atoms with van der Waals surface area (Å²) in [6, 6.07) is 20.4. The van der Waals surface area contributed by atoms with E-state index in [1.165, 1.54) is 4.90 Å². The van der Waals surface area contributed by atoms with Crippen LogP contribution in [0.5, 0.6) is 0 Å². The first-order chi connectivity index (χ1) is 14.4. The number of nitrogens with zero attached hydrogens (tertiary/aromatic N) is 1. The molecular formula is C25H21ClN2O2. The van der Waals surface area contributed by atoms with Gasteiger partial charge >= 0.3 is 0 Å². The smallest absolute Gasteiger partial charge is 0.282 e. The summed E-state index contributed by atoms with van der Waals surface area (Å²) in [6.07, 6.45) is 0. The van der Waals surface area contributed by atoms with Gasteiger partial charge in [-0.2, -0.15) is 0 Å². The summed E-state index contributed by atoms with van der Waals surface area (Å²) in [6.45, 7) is 5.79. The summed E-state index contributed by atoms with van der Waals surface area (Å²) in [5.41, 5.74) is 5.45. The van der Waals surface area contributed by atoms with E-state index < -0.39 is 0 Å². The number of benzene rings is 3. The van der Waals surface area contributed by atoms with E-state index in [4.69, 9.17) is 11.6 Å². The van der Waals surface area contributed by atoms with Crippen LogP contribution in [0.2, 0.25) is 5.02 Å². The average Bonchev–Trinajstić information content (AvgIpc) is 2.95. The summed E-state index contributed by atoms with van der Waals surface area (Å²) in [5, 5.41) is 3.81. The molecule has 1 aliphatic heterocycles. The second-order valence-corrected chi connectivity index (χ2v) is 7.87. The fourth-order valence-corrected chi connectivity index (χ4v) is 3.84. The molecule has 0 radical (unpaired) electrons. The minimum atomic E-state index is -0.384. The van der Waals surface area contributed by atoms with Crippen LogP contribution in [0.15, 0.2) is 72.4 Å². The molecule has 0 fully saturated rings. The van der Waals surface area contributed by atoms with E-state index >= 15 is 0 Å². The second-order valence-electron chi connectivity index (χ2n) is 7.44. The van der Waals surface area contributed by atoms with Gasteiger partial charge in [0, 0.05) is 10.7 Å². The van der Waals surface area contributed by atoms with E-state index in [0.717, 1.165) is 22.4 Å². The molecule has 5 heteroatoms. The number of imide groups is 1. The maximum atomic E-state index is 13.5. The van der Waals surface area contributed by atoms with Gasteiger partial charge in [0.25, 0.3) is 11.8 Å². The lowest BCUT2D eigenvalue weighted by molar-refractivity contribution is -0.120. The van der Waals surface area contributed by atoms with Gasteiger partial charge in [-0.05, 0) is 67.3 Å². The SMILES string of the molecule is Cc1ccc(C)c(NC2=C(c3ccccc3)C(=O)N(c3ccc(Cl)cc3C)C2=O)c1. The summed E-state index contributed by atoms with van der Waals surface area (Å²) in [4.78, 5) is 28.2. The molecule has 1 aliphatic rings. The molecule has 0 atom stereocenters. The van der Waals surface area contributed by atoms with Gasteiger partial charge < -0.3 is 5.32 Å². The summed E-state index contributed by atoms with van der Waals surface area (Å²) in [7, 11) is 0. The van der Waals surface area contributed by atoms with Crippen LogP contribution >= 0.6 is 11.6 Å². The molecule has 4 rings (SSSR count). The van der Waals surface area contributed by atoms with Gasteiger partial charge in [-0.3, -0.25) is 9.59 Å². The van der Waals surface area contributed by atoms with Crippen LogP contribution in [0.25, 0.3) is 5.57 Å². The predicted molar refractivity (Wildman–Crippen MR) is 122 cm³/mol. The topological polar surface area (TPSA) is 49.4 Å². The Balaban J connectivity index is 1.86. The van der Waals surface area contributed by atoms with Crippen molar-refractivity contribution in [3.05, 3.63) is 99.7 Å². The molecule has 3 aromatic rings. The van der Waals surface area contributed by atoms with Crippen LogP contribution in [0, 0.1) is 20.8 Å². The number of hydrogen-bond acceptors (Lipinski definition) is 3. The van der Waals surface area contributed by atoms with E-state index in [2.05, 4.69) is 5.32 Å². The lowest BCUT2D eigenvalue weighted by Crippen LogP contribution is -2.33. The monoisotopic (exact) mass is 416 g/mol. The van der Waals surface area contributed by atoms with Crippen molar-refractivity contribution < 1.29 is 9.59 Å². The van der Waals surface area contributed by atoms with E-state index in [0.29, 0.717) is 21.8 Å². The second kappa shape index (κ2) is 7.81. The minimum absolute atomic E-state index is 0.272. The Labute approximate surface area is 180 Å². The largest absolute Gasteiger partial charge is 0.350 e. The number of amides is 2. The highest BCUT2D eigenvalue weighted by atomic mass is 35.5. The van der Waals surface area contributed by atoms with E-state index in [-0.39, 0.29) is 17.5 Å². The van der Waals surface area contributed by atoms with Crippen LogP contribution in [0.1, 0.15) is 22.3 Å². The first-order valence-corrected chi connectivity index (χ1v) is 10.0. The van der Waals surface area contributed by atoms with Crippen molar-refractivity contribution >= 4 is 40.4 Å². The molecule has 0 saturated heterocycles. The van der Waals surface area contributed by atoms with Gasteiger partial charge in [0.05, 0.1) is 11.3 Å². The van der Waals surface area contributed by atoms with Crippen molar-refractivity contribution in [2.45, 2.75) is 20.8 Å². The number of carbonyl (C=O) groups excluding carboxylic acids is 2. The molecule has 0 aliphatic carbocycles. The van der Waals surface area contributed by atoms with E-state index in [1.807, 2.05) is 69.3 Å². The fourth-order valence-electron chi connectivity index (χ4n) is 3.61. The Morgan fingerprint density at radius 1 is 0.800 bits per heavy atom. The molecule has 4 nitrogen and oxygen atoms in total. The Morgan fingerprint density at radius 2 is 1.53 bits per heavy atom. The summed E-state index contributed by atoms with van der Waals surface area (Å²) < 4.78 is 0. The van der Waals surface area contributed by atoms with Crippen molar-refractivity contribution in [1.82, 2.24) is 0 Å². The van der Waals surface area contributed by atoms with Gasteiger partial charge in [-0.1, -0.05) is 54.1 Å². The molecule has 1 heterocycles. The number of nitrogens with one attached hydrogen (secondary N) is 1. The molecule has 1 N–H and O–H groups in total. The van der Waals surface area contributed by atoms with Crippen LogP contribution < -0.4 is 10.2 Å². The average molecular weight is 417 g/mol. The third-order valence-corrected chi connectivity index (χ3v) is 5.43. The number of anilines is 2. The van der Waals surface area contributed by atoms with Crippen LogP contribution in [-0.4, -0.2) is 11.8 Å². The van der Waals surface area contributed by atoms with Crippen molar-refractivity contribution in [2.75, 3.05) is 10.2 Å². The zero-order chi connectivity index (χ0) is 21.4. The third-order valence-electron chi connectivity index (χ3n) is 5.20. The van der Waals surface area contributed by atoms with E-state index in [9.17, 15) is 9.59 Å². The van der Waals surface area contributed by atoms with Gasteiger partial charge in [0.15, 0.2) is 0 Å². The molecule has 0 saturated carbocycles. The highest BCUT2D eigenvalue weighted by molar-refractivity contribution is 6.46. The van der Waals surface area contributed by atoms with Gasteiger partial charge in [0.1, 0.15) is 5.70 Å². The van der Waals surface area contributed by atoms with Crippen molar-refractivity contribution in [2.24, 2.45) is 0 Å². The molecule has 0 bridgehead atoms. The number of rotatable bonds is 4. The van der Waals surface area contributed by atoms with Crippen molar-refractivity contribution in [3.8, 4) is 0 Å². The highest BCUT2D eigenvalue weighted by Crippen LogP contribution is 2.36. The Kier molecular flexibility index (Phi) is 5.18. The van der Waals surface area contributed by atoms with Crippen LogP contribution in [0.3, 0.4) is 0 Å². The zero-order valence-electron chi connectivity index (χ0n) is 17.0. The quantitative estimate of drug-likeness (QED) is 0.558. The van der Waals surface area contributed by atoms with E-state index in [1.54, 1.807) is 18.2 Å². The first kappa shape index (κ1) is 19.9. The van der Waals surface area contributed by atoms with Gasteiger partial charge in [0.2, 0.25) is 0 Å².